The van der Waals surface area contributed by atoms with E-state index in [2.05, 4.69) is 10.3 Å². The average Bonchev–Trinajstić information content (AvgIpc) is 2.95. The lowest BCUT2D eigenvalue weighted by atomic mass is 10.2. The third-order valence-electron chi connectivity index (χ3n) is 2.57. The molecular weight excluding hydrogens is 264 g/mol. The quantitative estimate of drug-likeness (QED) is 0.769. The number of carbonyl (C=O) groups is 1. The van der Waals surface area contributed by atoms with Gasteiger partial charge >= 0.3 is 0 Å². The Morgan fingerprint density at radius 3 is 2.83 bits per heavy atom. The average molecular weight is 274 g/mol. The molecule has 0 unspecified atom stereocenters. The summed E-state index contributed by atoms with van der Waals surface area (Å²) in [6, 6.07) is 7.91. The molecule has 3 rings (SSSR count). The van der Waals surface area contributed by atoms with Crippen LogP contribution in [0.2, 0.25) is 0 Å². The van der Waals surface area contributed by atoms with E-state index in [1.54, 1.807) is 11.3 Å². The number of aryl methyl sites for hydroxylation is 1. The Morgan fingerprint density at radius 1 is 1.22 bits per heavy atom. The number of aromatic nitrogens is 1. The van der Waals surface area contributed by atoms with E-state index in [1.165, 1.54) is 11.3 Å². The molecule has 1 amide bonds. The monoisotopic (exact) mass is 274 g/mol. The van der Waals surface area contributed by atoms with Crippen molar-refractivity contribution < 1.29 is 4.79 Å². The highest BCUT2D eigenvalue weighted by Gasteiger charge is 2.13. The van der Waals surface area contributed by atoms with Crippen LogP contribution in [0.1, 0.15) is 16.1 Å². The topological polar surface area (TPSA) is 42.0 Å². The molecule has 90 valence electrons. The molecule has 0 aliphatic rings. The van der Waals surface area contributed by atoms with Gasteiger partial charge in [0.25, 0.3) is 5.91 Å². The van der Waals surface area contributed by atoms with Gasteiger partial charge in [0.05, 0.1) is 11.3 Å². The first kappa shape index (κ1) is 11.4. The minimum absolute atomic E-state index is 0.0956. The molecule has 1 N–H and O–H groups in total. The van der Waals surface area contributed by atoms with Gasteiger partial charge in [-0.25, -0.2) is 4.98 Å². The first-order chi connectivity index (χ1) is 8.74. The van der Waals surface area contributed by atoms with Crippen LogP contribution in [0, 0.1) is 6.92 Å². The van der Waals surface area contributed by atoms with E-state index >= 15 is 0 Å². The highest BCUT2D eigenvalue weighted by atomic mass is 32.1. The lowest BCUT2D eigenvalue weighted by molar-refractivity contribution is 0.102. The van der Waals surface area contributed by atoms with Crippen molar-refractivity contribution in [3.8, 4) is 0 Å². The number of nitrogens with one attached hydrogen (secondary N) is 1. The van der Waals surface area contributed by atoms with Crippen molar-refractivity contribution in [2.75, 3.05) is 5.32 Å². The van der Waals surface area contributed by atoms with Crippen molar-refractivity contribution in [1.29, 1.82) is 0 Å². The predicted octanol–water partition coefficient (Wildman–Crippen LogP) is 3.92. The van der Waals surface area contributed by atoms with Crippen LogP contribution >= 0.6 is 22.7 Å². The normalized spacial score (nSPS) is 10.7. The summed E-state index contributed by atoms with van der Waals surface area (Å²) in [5.41, 5.74) is 1.63. The molecule has 0 atom stereocenters. The second-order valence-electron chi connectivity index (χ2n) is 3.89. The van der Waals surface area contributed by atoms with Crippen molar-refractivity contribution in [1.82, 2.24) is 4.98 Å². The van der Waals surface area contributed by atoms with Gasteiger partial charge < -0.3 is 0 Å². The van der Waals surface area contributed by atoms with Gasteiger partial charge in [0.1, 0.15) is 0 Å². The number of anilines is 1. The van der Waals surface area contributed by atoms with Crippen molar-refractivity contribution in [3.63, 3.8) is 0 Å². The van der Waals surface area contributed by atoms with Crippen molar-refractivity contribution in [2.45, 2.75) is 6.92 Å². The van der Waals surface area contributed by atoms with E-state index in [1.807, 2.05) is 41.9 Å². The maximum Gasteiger partial charge on any atom is 0.258 e. The van der Waals surface area contributed by atoms with E-state index in [9.17, 15) is 4.79 Å². The summed E-state index contributed by atoms with van der Waals surface area (Å²) in [7, 11) is 0. The van der Waals surface area contributed by atoms with Crippen LogP contribution in [0.5, 0.6) is 0 Å². The van der Waals surface area contributed by atoms with Crippen LogP contribution in [0.4, 0.5) is 5.13 Å². The van der Waals surface area contributed by atoms with Crippen LogP contribution in [-0.2, 0) is 0 Å². The smallest absolute Gasteiger partial charge is 0.258 e. The molecule has 2 aromatic heterocycles. The lowest BCUT2D eigenvalue weighted by Gasteiger charge is -1.99. The second-order valence-corrected chi connectivity index (χ2v) is 5.66. The Kier molecular flexibility index (Phi) is 2.85. The fourth-order valence-electron chi connectivity index (χ4n) is 1.73. The third-order valence-corrected chi connectivity index (χ3v) is 4.40. The van der Waals surface area contributed by atoms with Gasteiger partial charge in [0.15, 0.2) is 5.13 Å². The van der Waals surface area contributed by atoms with Crippen LogP contribution in [-0.4, -0.2) is 10.9 Å². The second kappa shape index (κ2) is 4.51. The molecule has 18 heavy (non-hydrogen) atoms. The maximum atomic E-state index is 12.2. The number of rotatable bonds is 2. The summed E-state index contributed by atoms with van der Waals surface area (Å²) in [6.07, 6.45) is 0. The zero-order valence-corrected chi connectivity index (χ0v) is 11.3. The molecule has 0 radical (unpaired) electrons. The fraction of sp³-hybridized carbons (Fsp3) is 0.0769. The van der Waals surface area contributed by atoms with Gasteiger partial charge in [-0.15, -0.1) is 22.7 Å². The van der Waals surface area contributed by atoms with Crippen molar-refractivity contribution in [2.24, 2.45) is 0 Å². The number of amides is 1. The SMILES string of the molecule is Cc1csc(NC(=O)c2csc3ccccc23)n1. The highest BCUT2D eigenvalue weighted by molar-refractivity contribution is 7.17. The molecule has 0 bridgehead atoms. The zero-order chi connectivity index (χ0) is 12.5. The number of nitrogens with zero attached hydrogens (tertiary/aromatic N) is 1. The maximum absolute atomic E-state index is 12.2. The highest BCUT2D eigenvalue weighted by Crippen LogP contribution is 2.26. The van der Waals surface area contributed by atoms with Crippen LogP contribution in [0.3, 0.4) is 0 Å². The molecule has 0 saturated heterocycles. The van der Waals surface area contributed by atoms with E-state index in [0.717, 1.165) is 15.8 Å². The summed E-state index contributed by atoms with van der Waals surface area (Å²) < 4.78 is 1.12. The predicted molar refractivity (Wildman–Crippen MR) is 76.6 cm³/mol. The summed E-state index contributed by atoms with van der Waals surface area (Å²) in [6.45, 7) is 1.91. The summed E-state index contributed by atoms with van der Waals surface area (Å²) in [4.78, 5) is 16.4. The van der Waals surface area contributed by atoms with Gasteiger partial charge in [0.2, 0.25) is 0 Å². The number of hydrogen-bond acceptors (Lipinski definition) is 4. The van der Waals surface area contributed by atoms with Gasteiger partial charge in [-0.05, 0) is 13.0 Å². The molecule has 0 fully saturated rings. The molecule has 1 aromatic carbocycles. The Morgan fingerprint density at radius 2 is 2.06 bits per heavy atom. The number of carbonyl (C=O) groups excluding carboxylic acids is 1. The van der Waals surface area contributed by atoms with Crippen molar-refractivity contribution in [3.05, 3.63) is 46.3 Å². The third kappa shape index (κ3) is 2.02. The summed E-state index contributed by atoms with van der Waals surface area (Å²) >= 11 is 3.02. The molecule has 5 heteroatoms. The van der Waals surface area contributed by atoms with E-state index in [4.69, 9.17) is 0 Å². The van der Waals surface area contributed by atoms with Gasteiger partial charge in [-0.3, -0.25) is 10.1 Å². The Hall–Kier alpha value is -1.72. The molecular formula is C13H10N2OS2. The van der Waals surface area contributed by atoms with Crippen molar-refractivity contribution >= 4 is 43.8 Å². The van der Waals surface area contributed by atoms with Gasteiger partial charge in [-0.1, -0.05) is 18.2 Å². The van der Waals surface area contributed by atoms with E-state index < -0.39 is 0 Å². The molecule has 3 aromatic rings. The fourth-order valence-corrected chi connectivity index (χ4v) is 3.35. The van der Waals surface area contributed by atoms with E-state index in [-0.39, 0.29) is 5.91 Å². The first-order valence-corrected chi connectivity index (χ1v) is 7.19. The number of benzene rings is 1. The number of hydrogen-bond donors (Lipinski definition) is 1. The minimum Gasteiger partial charge on any atom is -0.298 e. The molecule has 0 spiro atoms. The van der Waals surface area contributed by atoms with Crippen LogP contribution in [0.15, 0.2) is 35.0 Å². The standard InChI is InChI=1S/C13H10N2OS2/c1-8-6-18-13(14-8)15-12(16)10-7-17-11-5-3-2-4-9(10)11/h2-7H,1H3,(H,14,15,16). The molecule has 2 heterocycles. The summed E-state index contributed by atoms with van der Waals surface area (Å²) in [5, 5.41) is 8.28. The Balaban J connectivity index is 1.92. The number of thiophene rings is 1. The first-order valence-electron chi connectivity index (χ1n) is 5.44. The minimum atomic E-state index is -0.0956. The lowest BCUT2D eigenvalue weighted by Crippen LogP contribution is -2.10. The zero-order valence-electron chi connectivity index (χ0n) is 9.64. The molecule has 0 aliphatic carbocycles. The van der Waals surface area contributed by atoms with Gasteiger partial charge in [0, 0.05) is 20.8 Å². The van der Waals surface area contributed by atoms with E-state index in [0.29, 0.717) is 10.7 Å². The molecule has 0 aliphatic heterocycles. The largest absolute Gasteiger partial charge is 0.298 e. The Labute approximate surface area is 112 Å². The molecule has 0 saturated carbocycles. The van der Waals surface area contributed by atoms with Gasteiger partial charge in [-0.2, -0.15) is 0 Å². The number of fused-ring (bicyclic) bond motifs is 1. The Bertz CT molecular complexity index is 714. The van der Waals surface area contributed by atoms with Crippen LogP contribution < -0.4 is 5.32 Å². The number of thiazole rings is 1. The van der Waals surface area contributed by atoms with Crippen LogP contribution in [0.25, 0.3) is 10.1 Å². The molecule has 3 nitrogen and oxygen atoms in total. The summed E-state index contributed by atoms with van der Waals surface area (Å²) in [5.74, 6) is -0.0956.